The van der Waals surface area contributed by atoms with E-state index in [1.807, 2.05) is 12.1 Å². The van der Waals surface area contributed by atoms with Crippen LogP contribution in [0, 0.1) is 0 Å². The smallest absolute Gasteiger partial charge is 0.306 e. The number of hydrogen-bond acceptors (Lipinski definition) is 3. The van der Waals surface area contributed by atoms with Crippen molar-refractivity contribution in [2.75, 3.05) is 6.61 Å². The molecule has 0 radical (unpaired) electrons. The molecule has 110 valence electrons. The van der Waals surface area contributed by atoms with Gasteiger partial charge in [-0.1, -0.05) is 31.2 Å². The number of carbonyl (C=O) groups excluding carboxylic acids is 2. The summed E-state index contributed by atoms with van der Waals surface area (Å²) in [4.78, 5) is 26.1. The van der Waals surface area contributed by atoms with Crippen molar-refractivity contribution >= 4 is 11.8 Å². The van der Waals surface area contributed by atoms with Crippen LogP contribution in [-0.4, -0.2) is 23.3 Å². The molecule has 0 fully saturated rings. The number of benzene rings is 1. The number of H-pyrrole nitrogens is 1. The Balaban J connectivity index is 1.73. The van der Waals surface area contributed by atoms with Gasteiger partial charge in [-0.3, -0.25) is 9.59 Å². The lowest BCUT2D eigenvalue weighted by Gasteiger charge is -2.04. The van der Waals surface area contributed by atoms with Crippen LogP contribution in [0.5, 0.6) is 0 Å². The molecule has 1 aromatic heterocycles. The fraction of sp³-hybridized carbons (Fsp3) is 0.294. The number of aromatic amines is 1. The van der Waals surface area contributed by atoms with E-state index in [4.69, 9.17) is 4.74 Å². The van der Waals surface area contributed by atoms with Crippen LogP contribution >= 0.6 is 0 Å². The van der Waals surface area contributed by atoms with Gasteiger partial charge in [-0.25, -0.2) is 0 Å². The summed E-state index contributed by atoms with van der Waals surface area (Å²) in [6.45, 7) is 1.89. The van der Waals surface area contributed by atoms with Gasteiger partial charge in [0, 0.05) is 12.6 Å². The average Bonchev–Trinajstić information content (AvgIpc) is 3.05. The van der Waals surface area contributed by atoms with Gasteiger partial charge >= 0.3 is 5.97 Å². The third kappa shape index (κ3) is 4.60. The van der Waals surface area contributed by atoms with Crippen LogP contribution in [0.4, 0.5) is 0 Å². The molecular formula is C17H19NO3. The van der Waals surface area contributed by atoms with E-state index in [0.29, 0.717) is 12.1 Å². The van der Waals surface area contributed by atoms with Crippen LogP contribution in [0.15, 0.2) is 42.6 Å². The first-order valence-electron chi connectivity index (χ1n) is 7.09. The number of aromatic nitrogens is 1. The summed E-state index contributed by atoms with van der Waals surface area (Å²) >= 11 is 0. The zero-order chi connectivity index (χ0) is 15.1. The lowest BCUT2D eigenvalue weighted by atomic mass is 10.1. The minimum absolute atomic E-state index is 0.214. The van der Waals surface area contributed by atoms with E-state index in [2.05, 4.69) is 24.0 Å². The summed E-state index contributed by atoms with van der Waals surface area (Å²) in [5, 5.41) is 0. The van der Waals surface area contributed by atoms with Crippen molar-refractivity contribution in [3.63, 3.8) is 0 Å². The molecule has 0 bridgehead atoms. The Hall–Kier alpha value is -2.36. The maximum Gasteiger partial charge on any atom is 0.306 e. The molecule has 0 saturated heterocycles. The highest BCUT2D eigenvalue weighted by Gasteiger charge is 2.10. The second-order valence-electron chi connectivity index (χ2n) is 4.84. The lowest BCUT2D eigenvalue weighted by molar-refractivity contribution is -0.142. The van der Waals surface area contributed by atoms with Gasteiger partial charge in [0.1, 0.15) is 0 Å². The molecule has 0 saturated carbocycles. The Bertz CT molecular complexity index is 585. The fourth-order valence-corrected chi connectivity index (χ4v) is 1.99. The molecule has 0 spiro atoms. The number of Topliss-reactive ketones (excluding diaryl/α,β-unsaturated/α-hetero) is 1. The molecule has 0 atom stereocenters. The molecule has 0 aliphatic rings. The van der Waals surface area contributed by atoms with Crippen LogP contribution in [0.1, 0.15) is 35.0 Å². The largest absolute Gasteiger partial charge is 0.457 e. The van der Waals surface area contributed by atoms with E-state index in [-0.39, 0.29) is 24.8 Å². The number of ketones is 1. The topological polar surface area (TPSA) is 59.2 Å². The van der Waals surface area contributed by atoms with Crippen LogP contribution in [0.3, 0.4) is 0 Å². The highest BCUT2D eigenvalue weighted by molar-refractivity contribution is 5.96. The molecule has 1 N–H and O–H groups in total. The van der Waals surface area contributed by atoms with Crippen molar-refractivity contribution < 1.29 is 14.3 Å². The number of ether oxygens (including phenoxy) is 1. The summed E-state index contributed by atoms with van der Waals surface area (Å²) in [7, 11) is 0. The predicted molar refractivity (Wildman–Crippen MR) is 80.2 cm³/mol. The monoisotopic (exact) mass is 285 g/mol. The fourth-order valence-electron chi connectivity index (χ4n) is 1.99. The Morgan fingerprint density at radius 3 is 2.43 bits per heavy atom. The zero-order valence-corrected chi connectivity index (χ0v) is 12.1. The third-order valence-electron chi connectivity index (χ3n) is 3.31. The molecule has 1 aromatic carbocycles. The normalized spacial score (nSPS) is 10.3. The molecule has 2 aromatic rings. The molecule has 1 heterocycles. The molecule has 0 aliphatic carbocycles. The van der Waals surface area contributed by atoms with Crippen LogP contribution < -0.4 is 0 Å². The summed E-state index contributed by atoms with van der Waals surface area (Å²) in [6, 6.07) is 11.6. The minimum atomic E-state index is -0.352. The van der Waals surface area contributed by atoms with E-state index in [9.17, 15) is 9.59 Å². The van der Waals surface area contributed by atoms with E-state index in [1.54, 1.807) is 18.3 Å². The van der Waals surface area contributed by atoms with Gasteiger partial charge in [0.15, 0.2) is 6.61 Å². The molecule has 0 amide bonds. The maximum atomic E-state index is 11.6. The molecule has 21 heavy (non-hydrogen) atoms. The first kappa shape index (κ1) is 15.0. The van der Waals surface area contributed by atoms with Gasteiger partial charge in [0.05, 0.1) is 5.69 Å². The molecule has 4 heteroatoms. The Morgan fingerprint density at radius 2 is 1.81 bits per heavy atom. The number of rotatable bonds is 7. The summed E-state index contributed by atoms with van der Waals surface area (Å²) in [5.74, 6) is -0.574. The van der Waals surface area contributed by atoms with Gasteiger partial charge in [-0.05, 0) is 36.1 Å². The number of nitrogens with one attached hydrogen (secondary N) is 1. The number of carbonyl (C=O) groups is 2. The van der Waals surface area contributed by atoms with Gasteiger partial charge in [0.25, 0.3) is 0 Å². The molecular weight excluding hydrogens is 266 g/mol. The second-order valence-corrected chi connectivity index (χ2v) is 4.84. The molecule has 2 rings (SSSR count). The number of esters is 1. The van der Waals surface area contributed by atoms with Crippen LogP contribution in [-0.2, 0) is 22.4 Å². The highest BCUT2D eigenvalue weighted by Crippen LogP contribution is 2.08. The zero-order valence-electron chi connectivity index (χ0n) is 12.1. The van der Waals surface area contributed by atoms with Gasteiger partial charge in [-0.15, -0.1) is 0 Å². The van der Waals surface area contributed by atoms with Crippen molar-refractivity contribution in [2.24, 2.45) is 0 Å². The van der Waals surface area contributed by atoms with Crippen molar-refractivity contribution in [3.05, 3.63) is 59.4 Å². The average molecular weight is 285 g/mol. The standard InChI is InChI=1S/C17H19NO3/c1-2-13-5-7-14(8-6-13)9-10-17(20)21-12-16(19)15-4-3-11-18-15/h3-8,11,18H,2,9-10,12H2,1H3. The third-order valence-corrected chi connectivity index (χ3v) is 3.31. The van der Waals surface area contributed by atoms with Crippen LogP contribution in [0.2, 0.25) is 0 Å². The van der Waals surface area contributed by atoms with E-state index in [1.165, 1.54) is 5.56 Å². The minimum Gasteiger partial charge on any atom is -0.457 e. The van der Waals surface area contributed by atoms with Crippen molar-refractivity contribution in [1.29, 1.82) is 0 Å². The number of aryl methyl sites for hydroxylation is 2. The Labute approximate surface area is 124 Å². The van der Waals surface area contributed by atoms with Gasteiger partial charge < -0.3 is 9.72 Å². The first-order valence-corrected chi connectivity index (χ1v) is 7.09. The summed E-state index contributed by atoms with van der Waals surface area (Å²) in [5.41, 5.74) is 2.83. The molecule has 0 unspecified atom stereocenters. The SMILES string of the molecule is CCc1ccc(CCC(=O)OCC(=O)c2ccc[nH]2)cc1. The van der Waals surface area contributed by atoms with Gasteiger partial charge in [-0.2, -0.15) is 0 Å². The van der Waals surface area contributed by atoms with Crippen LogP contribution in [0.25, 0.3) is 0 Å². The maximum absolute atomic E-state index is 11.6. The van der Waals surface area contributed by atoms with E-state index >= 15 is 0 Å². The van der Waals surface area contributed by atoms with E-state index in [0.717, 1.165) is 12.0 Å². The molecule has 0 aliphatic heterocycles. The predicted octanol–water partition coefficient (Wildman–Crippen LogP) is 2.94. The number of hydrogen-bond donors (Lipinski definition) is 1. The quantitative estimate of drug-likeness (QED) is 0.628. The van der Waals surface area contributed by atoms with E-state index < -0.39 is 0 Å². The highest BCUT2D eigenvalue weighted by atomic mass is 16.5. The second kappa shape index (κ2) is 7.43. The van der Waals surface area contributed by atoms with Gasteiger partial charge in [0.2, 0.25) is 5.78 Å². The van der Waals surface area contributed by atoms with Crippen molar-refractivity contribution in [1.82, 2.24) is 4.98 Å². The lowest BCUT2D eigenvalue weighted by Crippen LogP contribution is -2.14. The summed E-state index contributed by atoms with van der Waals surface area (Å²) < 4.78 is 4.99. The van der Waals surface area contributed by atoms with Crippen molar-refractivity contribution in [3.8, 4) is 0 Å². The molecule has 4 nitrogen and oxygen atoms in total. The Morgan fingerprint density at radius 1 is 1.10 bits per heavy atom. The van der Waals surface area contributed by atoms with Crippen molar-refractivity contribution in [2.45, 2.75) is 26.2 Å². The first-order chi connectivity index (χ1) is 10.2. The Kier molecular flexibility index (Phi) is 5.32. The summed E-state index contributed by atoms with van der Waals surface area (Å²) in [6.07, 6.45) is 3.57.